The highest BCUT2D eigenvalue weighted by molar-refractivity contribution is 6.12. The number of unbranched alkanes of at least 4 members (excludes halogenated alkanes) is 2. The SMILES string of the molecule is CCCCc1cccc(-c2c3ccccc3cc3ccc(CCCC)cc23)c1. The number of aryl methyl sites for hydroxylation is 2. The van der Waals surface area contributed by atoms with Crippen molar-refractivity contribution in [3.63, 3.8) is 0 Å². The van der Waals surface area contributed by atoms with E-state index in [0.29, 0.717) is 0 Å². The first-order valence-corrected chi connectivity index (χ1v) is 10.8. The van der Waals surface area contributed by atoms with E-state index in [1.807, 2.05) is 0 Å². The van der Waals surface area contributed by atoms with E-state index < -0.39 is 0 Å². The summed E-state index contributed by atoms with van der Waals surface area (Å²) in [6.45, 7) is 4.53. The first-order valence-electron chi connectivity index (χ1n) is 10.8. The van der Waals surface area contributed by atoms with Crippen molar-refractivity contribution < 1.29 is 0 Å². The molecule has 0 aliphatic heterocycles. The van der Waals surface area contributed by atoms with E-state index in [1.165, 1.54) is 69.5 Å². The van der Waals surface area contributed by atoms with E-state index in [-0.39, 0.29) is 0 Å². The van der Waals surface area contributed by atoms with Crippen LogP contribution in [0.25, 0.3) is 32.7 Å². The molecule has 0 aromatic heterocycles. The standard InChI is InChI=1S/C28H30/c1-3-5-10-21-12-9-14-25(18-21)28-26-15-8-7-13-23(26)20-24-17-16-22(11-6-4-2)19-27(24)28/h7-9,12-20H,3-6,10-11H2,1-2H3. The third kappa shape index (κ3) is 3.83. The number of benzene rings is 4. The molecule has 0 aliphatic rings. The van der Waals surface area contributed by atoms with E-state index in [1.54, 1.807) is 0 Å². The molecule has 0 spiro atoms. The van der Waals surface area contributed by atoms with Crippen LogP contribution in [0.1, 0.15) is 50.7 Å². The lowest BCUT2D eigenvalue weighted by Gasteiger charge is -2.14. The second kappa shape index (κ2) is 8.61. The molecule has 0 aliphatic carbocycles. The summed E-state index contributed by atoms with van der Waals surface area (Å²) in [5.41, 5.74) is 5.64. The quantitative estimate of drug-likeness (QED) is 0.288. The molecule has 4 aromatic rings. The summed E-state index contributed by atoms with van der Waals surface area (Å²) in [5.74, 6) is 0. The average Bonchev–Trinajstić information content (AvgIpc) is 2.74. The summed E-state index contributed by atoms with van der Waals surface area (Å²) in [4.78, 5) is 0. The minimum atomic E-state index is 1.16. The van der Waals surface area contributed by atoms with E-state index in [4.69, 9.17) is 0 Å². The van der Waals surface area contributed by atoms with Gasteiger partial charge in [-0.25, -0.2) is 0 Å². The van der Waals surface area contributed by atoms with Gasteiger partial charge in [0, 0.05) is 0 Å². The van der Waals surface area contributed by atoms with Crippen LogP contribution in [-0.2, 0) is 12.8 Å². The van der Waals surface area contributed by atoms with E-state index in [2.05, 4.69) is 86.6 Å². The van der Waals surface area contributed by atoms with Gasteiger partial charge < -0.3 is 0 Å². The maximum atomic E-state index is 2.44. The summed E-state index contributed by atoms with van der Waals surface area (Å²) in [6, 6.07) is 27.4. The summed E-state index contributed by atoms with van der Waals surface area (Å²) >= 11 is 0. The third-order valence-corrected chi connectivity index (χ3v) is 5.78. The first kappa shape index (κ1) is 18.7. The molecular weight excluding hydrogens is 336 g/mol. The Morgan fingerprint density at radius 1 is 0.571 bits per heavy atom. The van der Waals surface area contributed by atoms with Gasteiger partial charge in [0.2, 0.25) is 0 Å². The van der Waals surface area contributed by atoms with Crippen LogP contribution >= 0.6 is 0 Å². The van der Waals surface area contributed by atoms with Crippen molar-refractivity contribution in [2.24, 2.45) is 0 Å². The Balaban J connectivity index is 1.94. The molecule has 0 amide bonds. The fourth-order valence-electron chi connectivity index (χ4n) is 4.22. The molecule has 0 N–H and O–H groups in total. The maximum Gasteiger partial charge on any atom is -0.00266 e. The normalized spacial score (nSPS) is 11.4. The maximum absolute atomic E-state index is 2.44. The number of rotatable bonds is 7. The number of hydrogen-bond donors (Lipinski definition) is 0. The summed E-state index contributed by atoms with van der Waals surface area (Å²) in [7, 11) is 0. The van der Waals surface area contributed by atoms with Crippen molar-refractivity contribution in [1.29, 1.82) is 0 Å². The summed E-state index contributed by atoms with van der Waals surface area (Å²) in [6.07, 6.45) is 7.30. The van der Waals surface area contributed by atoms with Crippen LogP contribution < -0.4 is 0 Å². The monoisotopic (exact) mass is 366 g/mol. The van der Waals surface area contributed by atoms with Crippen molar-refractivity contribution in [3.05, 3.63) is 83.9 Å². The van der Waals surface area contributed by atoms with Gasteiger partial charge in [0.1, 0.15) is 0 Å². The number of hydrogen-bond acceptors (Lipinski definition) is 0. The van der Waals surface area contributed by atoms with Crippen molar-refractivity contribution in [1.82, 2.24) is 0 Å². The molecule has 4 rings (SSSR count). The molecule has 0 heteroatoms. The smallest absolute Gasteiger partial charge is 0.00266 e. The molecule has 0 nitrogen and oxygen atoms in total. The minimum absolute atomic E-state index is 1.16. The van der Waals surface area contributed by atoms with Crippen LogP contribution in [-0.4, -0.2) is 0 Å². The van der Waals surface area contributed by atoms with Crippen molar-refractivity contribution >= 4 is 21.5 Å². The molecule has 0 saturated heterocycles. The van der Waals surface area contributed by atoms with Gasteiger partial charge in [-0.15, -0.1) is 0 Å². The topological polar surface area (TPSA) is 0 Å². The zero-order valence-electron chi connectivity index (χ0n) is 17.2. The van der Waals surface area contributed by atoms with E-state index >= 15 is 0 Å². The molecule has 0 fully saturated rings. The molecule has 0 atom stereocenters. The predicted molar refractivity (Wildman–Crippen MR) is 124 cm³/mol. The second-order valence-corrected chi connectivity index (χ2v) is 7.94. The molecular formula is C28H30. The van der Waals surface area contributed by atoms with Gasteiger partial charge in [-0.3, -0.25) is 0 Å². The van der Waals surface area contributed by atoms with Crippen molar-refractivity contribution in [3.8, 4) is 11.1 Å². The van der Waals surface area contributed by atoms with Crippen LogP contribution in [0, 0.1) is 0 Å². The largest absolute Gasteiger partial charge is 0.0654 e. The first-order chi connectivity index (χ1) is 13.8. The second-order valence-electron chi connectivity index (χ2n) is 7.94. The predicted octanol–water partition coefficient (Wildman–Crippen LogP) is 8.35. The zero-order valence-corrected chi connectivity index (χ0v) is 17.2. The fourth-order valence-corrected chi connectivity index (χ4v) is 4.22. The Morgan fingerprint density at radius 3 is 2.07 bits per heavy atom. The Morgan fingerprint density at radius 2 is 1.29 bits per heavy atom. The van der Waals surface area contributed by atoms with Gasteiger partial charge in [0.25, 0.3) is 0 Å². The van der Waals surface area contributed by atoms with Crippen molar-refractivity contribution in [2.75, 3.05) is 0 Å². The molecule has 0 radical (unpaired) electrons. The van der Waals surface area contributed by atoms with Gasteiger partial charge in [0.05, 0.1) is 0 Å². The molecule has 4 aromatic carbocycles. The van der Waals surface area contributed by atoms with Gasteiger partial charge >= 0.3 is 0 Å². The molecule has 0 bridgehead atoms. The molecule has 142 valence electrons. The highest BCUT2D eigenvalue weighted by Crippen LogP contribution is 2.37. The molecule has 0 unspecified atom stereocenters. The molecule has 0 heterocycles. The Hall–Kier alpha value is -2.60. The van der Waals surface area contributed by atoms with Gasteiger partial charge in [-0.1, -0.05) is 93.4 Å². The fraction of sp³-hybridized carbons (Fsp3) is 0.286. The molecule has 0 saturated carbocycles. The lowest BCUT2D eigenvalue weighted by atomic mass is 9.89. The zero-order chi connectivity index (χ0) is 19.3. The third-order valence-electron chi connectivity index (χ3n) is 5.78. The van der Waals surface area contributed by atoms with Gasteiger partial charge in [0.15, 0.2) is 0 Å². The summed E-state index contributed by atoms with van der Waals surface area (Å²) < 4.78 is 0. The Kier molecular flexibility index (Phi) is 5.76. The molecule has 28 heavy (non-hydrogen) atoms. The van der Waals surface area contributed by atoms with E-state index in [9.17, 15) is 0 Å². The van der Waals surface area contributed by atoms with Crippen LogP contribution in [0.15, 0.2) is 72.8 Å². The lowest BCUT2D eigenvalue weighted by molar-refractivity contribution is 0.795. The highest BCUT2D eigenvalue weighted by atomic mass is 14.1. The summed E-state index contributed by atoms with van der Waals surface area (Å²) in [5, 5.41) is 5.41. The van der Waals surface area contributed by atoms with E-state index in [0.717, 1.165) is 12.8 Å². The van der Waals surface area contributed by atoms with Gasteiger partial charge in [-0.05, 0) is 75.5 Å². The Bertz CT molecular complexity index is 1090. The lowest BCUT2D eigenvalue weighted by Crippen LogP contribution is -1.91. The van der Waals surface area contributed by atoms with Gasteiger partial charge in [-0.2, -0.15) is 0 Å². The van der Waals surface area contributed by atoms with Crippen molar-refractivity contribution in [2.45, 2.75) is 52.4 Å². The Labute approximate surface area is 169 Å². The van der Waals surface area contributed by atoms with Crippen LogP contribution in [0.4, 0.5) is 0 Å². The van der Waals surface area contributed by atoms with Crippen LogP contribution in [0.5, 0.6) is 0 Å². The highest BCUT2D eigenvalue weighted by Gasteiger charge is 2.11. The minimum Gasteiger partial charge on any atom is -0.0654 e. The van der Waals surface area contributed by atoms with Crippen LogP contribution in [0.3, 0.4) is 0 Å². The van der Waals surface area contributed by atoms with Crippen LogP contribution in [0.2, 0.25) is 0 Å². The number of fused-ring (bicyclic) bond motifs is 2. The average molecular weight is 367 g/mol.